The van der Waals surface area contributed by atoms with Crippen LogP contribution >= 0.6 is 23.2 Å². The first-order valence-corrected chi connectivity index (χ1v) is 7.26. The van der Waals surface area contributed by atoms with E-state index in [9.17, 15) is 4.79 Å². The van der Waals surface area contributed by atoms with Gasteiger partial charge in [0.05, 0.1) is 17.2 Å². The van der Waals surface area contributed by atoms with Crippen LogP contribution in [0.15, 0.2) is 47.6 Å². The number of halogens is 2. The number of nitrogens with zero attached hydrogens (tertiary/aromatic N) is 1. The van der Waals surface area contributed by atoms with Gasteiger partial charge >= 0.3 is 0 Å². The Hall–Kier alpha value is -2.04. The van der Waals surface area contributed by atoms with Gasteiger partial charge in [-0.15, -0.1) is 0 Å². The molecule has 6 heteroatoms. The minimum Gasteiger partial charge on any atom is -0.494 e. The fraction of sp³-hybridized carbons (Fsp3) is 0.125. The summed E-state index contributed by atoms with van der Waals surface area (Å²) in [6.07, 6.45) is 2.26. The van der Waals surface area contributed by atoms with Gasteiger partial charge < -0.3 is 4.74 Å². The van der Waals surface area contributed by atoms with Gasteiger partial charge in [0.15, 0.2) is 5.75 Å². The molecule has 2 aromatic rings. The lowest BCUT2D eigenvalue weighted by Gasteiger charge is -2.07. The van der Waals surface area contributed by atoms with Crippen LogP contribution in [0.25, 0.3) is 0 Å². The summed E-state index contributed by atoms with van der Waals surface area (Å²) in [5, 5.41) is 4.45. The summed E-state index contributed by atoms with van der Waals surface area (Å²) < 4.78 is 5.03. The number of hydrazone groups is 1. The number of rotatable bonds is 5. The van der Waals surface area contributed by atoms with Gasteiger partial charge in [0.25, 0.3) is 5.91 Å². The minimum atomic E-state index is -0.393. The van der Waals surface area contributed by atoms with Crippen molar-refractivity contribution < 1.29 is 9.53 Å². The third-order valence-corrected chi connectivity index (χ3v) is 3.45. The van der Waals surface area contributed by atoms with Crippen molar-refractivity contribution in [1.29, 1.82) is 0 Å². The van der Waals surface area contributed by atoms with E-state index in [-0.39, 0.29) is 10.0 Å². The molecule has 0 atom stereocenters. The van der Waals surface area contributed by atoms with Gasteiger partial charge in [-0.25, -0.2) is 5.43 Å². The van der Waals surface area contributed by atoms with Crippen molar-refractivity contribution in [2.75, 3.05) is 7.11 Å². The van der Waals surface area contributed by atoms with Crippen LogP contribution in [0.4, 0.5) is 0 Å². The van der Waals surface area contributed by atoms with E-state index < -0.39 is 5.91 Å². The Balaban J connectivity index is 1.98. The Morgan fingerprint density at radius 2 is 1.86 bits per heavy atom. The maximum Gasteiger partial charge on any atom is 0.271 e. The first-order chi connectivity index (χ1) is 10.6. The first kappa shape index (κ1) is 16.3. The number of hydrogen-bond donors (Lipinski definition) is 1. The van der Waals surface area contributed by atoms with Crippen molar-refractivity contribution in [2.24, 2.45) is 5.10 Å². The average molecular weight is 337 g/mol. The lowest BCUT2D eigenvalue weighted by molar-refractivity contribution is 0.0955. The van der Waals surface area contributed by atoms with Gasteiger partial charge in [0.1, 0.15) is 0 Å². The van der Waals surface area contributed by atoms with Gasteiger partial charge in [0, 0.05) is 18.2 Å². The van der Waals surface area contributed by atoms with E-state index in [0.29, 0.717) is 17.7 Å². The van der Waals surface area contributed by atoms with E-state index in [0.717, 1.165) is 5.56 Å². The van der Waals surface area contributed by atoms with Gasteiger partial charge in [0.2, 0.25) is 0 Å². The highest BCUT2D eigenvalue weighted by Gasteiger charge is 2.12. The summed E-state index contributed by atoms with van der Waals surface area (Å²) in [6.45, 7) is 0. The SMILES string of the molecule is COc1c(Cl)cc(C(=O)N/N=C/Cc2ccccc2)cc1Cl. The lowest BCUT2D eigenvalue weighted by atomic mass is 10.2. The quantitative estimate of drug-likeness (QED) is 0.663. The Bertz CT molecular complexity index is 665. The molecule has 114 valence electrons. The Morgan fingerprint density at radius 3 is 2.45 bits per heavy atom. The Morgan fingerprint density at radius 1 is 1.23 bits per heavy atom. The van der Waals surface area contributed by atoms with Crippen molar-refractivity contribution in [1.82, 2.24) is 5.43 Å². The Labute approximate surface area is 138 Å². The van der Waals surface area contributed by atoms with Crippen LogP contribution in [0.1, 0.15) is 15.9 Å². The predicted octanol–water partition coefficient (Wildman–Crippen LogP) is 3.96. The van der Waals surface area contributed by atoms with Crippen LogP contribution in [-0.2, 0) is 6.42 Å². The molecule has 2 rings (SSSR count). The zero-order valence-electron chi connectivity index (χ0n) is 11.8. The highest BCUT2D eigenvalue weighted by Crippen LogP contribution is 2.33. The highest BCUT2D eigenvalue weighted by molar-refractivity contribution is 6.37. The van der Waals surface area contributed by atoms with Crippen LogP contribution in [0.2, 0.25) is 10.0 Å². The van der Waals surface area contributed by atoms with Crippen molar-refractivity contribution in [3.8, 4) is 5.75 Å². The average Bonchev–Trinajstić information content (AvgIpc) is 2.52. The second kappa shape index (κ2) is 7.82. The van der Waals surface area contributed by atoms with Crippen molar-refractivity contribution in [3.63, 3.8) is 0 Å². The zero-order valence-corrected chi connectivity index (χ0v) is 13.4. The van der Waals surface area contributed by atoms with Crippen LogP contribution < -0.4 is 10.2 Å². The minimum absolute atomic E-state index is 0.272. The molecule has 0 spiro atoms. The molecule has 0 aliphatic carbocycles. The van der Waals surface area contributed by atoms with E-state index >= 15 is 0 Å². The van der Waals surface area contributed by atoms with Crippen molar-refractivity contribution >= 4 is 35.3 Å². The fourth-order valence-corrected chi connectivity index (χ4v) is 2.46. The topological polar surface area (TPSA) is 50.7 Å². The van der Waals surface area contributed by atoms with E-state index in [1.165, 1.54) is 19.2 Å². The molecule has 22 heavy (non-hydrogen) atoms. The summed E-state index contributed by atoms with van der Waals surface area (Å²) >= 11 is 12.0. The molecule has 0 aliphatic heterocycles. The molecule has 0 unspecified atom stereocenters. The summed E-state index contributed by atoms with van der Waals surface area (Å²) in [5.74, 6) is -0.0526. The van der Waals surface area contributed by atoms with Crippen LogP contribution in [0.3, 0.4) is 0 Å². The van der Waals surface area contributed by atoms with Gasteiger partial charge in [-0.05, 0) is 17.7 Å². The third kappa shape index (κ3) is 4.23. The lowest BCUT2D eigenvalue weighted by Crippen LogP contribution is -2.17. The number of nitrogens with one attached hydrogen (secondary N) is 1. The number of amides is 1. The monoisotopic (exact) mass is 336 g/mol. The number of hydrogen-bond acceptors (Lipinski definition) is 3. The van der Waals surface area contributed by atoms with Gasteiger partial charge in [-0.2, -0.15) is 5.10 Å². The molecule has 0 fully saturated rings. The zero-order chi connectivity index (χ0) is 15.9. The third-order valence-electron chi connectivity index (χ3n) is 2.89. The normalized spacial score (nSPS) is 10.7. The molecule has 0 saturated heterocycles. The molecular weight excluding hydrogens is 323 g/mol. The van der Waals surface area contributed by atoms with E-state index in [4.69, 9.17) is 27.9 Å². The summed E-state index contributed by atoms with van der Waals surface area (Å²) in [7, 11) is 1.46. The molecule has 0 saturated carbocycles. The van der Waals surface area contributed by atoms with E-state index in [1.807, 2.05) is 30.3 Å². The van der Waals surface area contributed by atoms with Crippen LogP contribution in [-0.4, -0.2) is 19.2 Å². The van der Waals surface area contributed by atoms with Crippen LogP contribution in [0, 0.1) is 0 Å². The van der Waals surface area contributed by atoms with E-state index in [2.05, 4.69) is 10.5 Å². The number of benzene rings is 2. The van der Waals surface area contributed by atoms with E-state index in [1.54, 1.807) is 6.21 Å². The largest absolute Gasteiger partial charge is 0.494 e. The molecule has 1 N–H and O–H groups in total. The maximum absolute atomic E-state index is 12.0. The molecule has 0 aromatic heterocycles. The highest BCUT2D eigenvalue weighted by atomic mass is 35.5. The summed E-state index contributed by atoms with van der Waals surface area (Å²) in [5.41, 5.74) is 3.85. The number of methoxy groups -OCH3 is 1. The molecule has 0 radical (unpaired) electrons. The molecule has 0 bridgehead atoms. The predicted molar refractivity (Wildman–Crippen MR) is 89.1 cm³/mol. The second-order valence-electron chi connectivity index (χ2n) is 4.42. The van der Waals surface area contributed by atoms with Crippen LogP contribution in [0.5, 0.6) is 5.75 Å². The smallest absolute Gasteiger partial charge is 0.271 e. The molecule has 4 nitrogen and oxygen atoms in total. The molecule has 0 aliphatic rings. The summed E-state index contributed by atoms with van der Waals surface area (Å²) in [6, 6.07) is 12.8. The number of carbonyl (C=O) groups is 1. The standard InChI is InChI=1S/C16H14Cl2N2O2/c1-22-15-13(17)9-12(10-14(15)18)16(21)20-19-8-7-11-5-3-2-4-6-11/h2-6,8-10H,7H2,1H3,(H,20,21)/b19-8+. The second-order valence-corrected chi connectivity index (χ2v) is 5.23. The summed E-state index contributed by atoms with van der Waals surface area (Å²) in [4.78, 5) is 12.0. The van der Waals surface area contributed by atoms with Gasteiger partial charge in [-0.3, -0.25) is 4.79 Å². The van der Waals surface area contributed by atoms with Gasteiger partial charge in [-0.1, -0.05) is 53.5 Å². The fourth-order valence-electron chi connectivity index (χ4n) is 1.82. The molecule has 0 heterocycles. The van der Waals surface area contributed by atoms with Crippen molar-refractivity contribution in [3.05, 3.63) is 63.6 Å². The number of carbonyl (C=O) groups excluding carboxylic acids is 1. The number of ether oxygens (including phenoxy) is 1. The first-order valence-electron chi connectivity index (χ1n) is 6.50. The molecular formula is C16H14Cl2N2O2. The van der Waals surface area contributed by atoms with Crippen molar-refractivity contribution in [2.45, 2.75) is 6.42 Å². The molecule has 2 aromatic carbocycles. The molecule has 1 amide bonds. The Kier molecular flexibility index (Phi) is 5.81. The maximum atomic E-state index is 12.0.